The highest BCUT2D eigenvalue weighted by atomic mass is 17.3. The first-order valence-electron chi connectivity index (χ1n) is 10.1. The summed E-state index contributed by atoms with van der Waals surface area (Å²) in [5.74, 6) is -0.210. The number of aromatic hydroxyl groups is 1. The minimum absolute atomic E-state index is 0.110. The third-order valence-corrected chi connectivity index (χ3v) is 6.24. The van der Waals surface area contributed by atoms with E-state index in [2.05, 4.69) is 60.5 Å². The number of fused-ring (bicyclic) bond motifs is 1. The molecule has 2 unspecified atom stereocenters. The predicted octanol–water partition coefficient (Wildman–Crippen LogP) is 5.30. The Hall–Kier alpha value is -1.89. The Morgan fingerprint density at radius 2 is 1.66 bits per heavy atom. The SMILES string of the molecule is CC(C)(C)c1cc(-c2cc(O)cc(C34OCC(C)(C)C3(C(C)(C)C)OO4)c2)no1. The number of benzene rings is 1. The number of phenols is 1. The van der Waals surface area contributed by atoms with Gasteiger partial charge in [-0.05, 0) is 18.2 Å². The smallest absolute Gasteiger partial charge is 0.261 e. The number of nitrogens with zero attached hydrogens (tertiary/aromatic N) is 1. The molecule has 0 bridgehead atoms. The molecule has 2 aromatic rings. The molecule has 2 aliphatic heterocycles. The van der Waals surface area contributed by atoms with E-state index in [4.69, 9.17) is 19.0 Å². The minimum Gasteiger partial charge on any atom is -0.508 e. The average Bonchev–Trinajstić information content (AvgIpc) is 3.07. The van der Waals surface area contributed by atoms with Gasteiger partial charge in [0, 0.05) is 33.4 Å². The fourth-order valence-corrected chi connectivity index (χ4v) is 4.95. The number of hydrogen-bond acceptors (Lipinski definition) is 6. The van der Waals surface area contributed by atoms with Gasteiger partial charge in [0.15, 0.2) is 5.60 Å². The van der Waals surface area contributed by atoms with Gasteiger partial charge >= 0.3 is 0 Å². The van der Waals surface area contributed by atoms with Gasteiger partial charge in [0.25, 0.3) is 5.79 Å². The summed E-state index contributed by atoms with van der Waals surface area (Å²) in [4.78, 5) is 11.6. The van der Waals surface area contributed by atoms with Crippen molar-refractivity contribution in [2.45, 2.75) is 72.2 Å². The van der Waals surface area contributed by atoms with E-state index in [9.17, 15) is 5.11 Å². The third-order valence-electron chi connectivity index (χ3n) is 6.24. The van der Waals surface area contributed by atoms with Crippen LogP contribution in [0.2, 0.25) is 0 Å². The van der Waals surface area contributed by atoms with Crippen molar-refractivity contribution >= 4 is 0 Å². The molecular weight excluding hydrogens is 370 g/mol. The Morgan fingerprint density at radius 1 is 0.966 bits per heavy atom. The molecule has 1 aromatic carbocycles. The average molecular weight is 402 g/mol. The van der Waals surface area contributed by atoms with Gasteiger partial charge in [-0.2, -0.15) is 4.89 Å². The minimum atomic E-state index is -1.10. The van der Waals surface area contributed by atoms with E-state index < -0.39 is 11.4 Å². The van der Waals surface area contributed by atoms with E-state index >= 15 is 0 Å². The third kappa shape index (κ3) is 2.62. The van der Waals surface area contributed by atoms with Gasteiger partial charge in [-0.1, -0.05) is 60.5 Å². The maximum absolute atomic E-state index is 10.5. The summed E-state index contributed by atoms with van der Waals surface area (Å²) < 4.78 is 11.8. The zero-order valence-corrected chi connectivity index (χ0v) is 18.5. The van der Waals surface area contributed by atoms with Crippen LogP contribution in [0.3, 0.4) is 0 Å². The van der Waals surface area contributed by atoms with Crippen LogP contribution in [0.25, 0.3) is 11.3 Å². The van der Waals surface area contributed by atoms with Crippen molar-refractivity contribution in [3.05, 3.63) is 35.6 Å². The zero-order valence-electron chi connectivity index (χ0n) is 18.5. The van der Waals surface area contributed by atoms with Crippen molar-refractivity contribution < 1.29 is 24.1 Å². The van der Waals surface area contributed by atoms with Gasteiger partial charge in [0.05, 0.1) is 6.61 Å². The second-order valence-corrected chi connectivity index (χ2v) is 11.0. The van der Waals surface area contributed by atoms with Crippen molar-refractivity contribution in [3.63, 3.8) is 0 Å². The van der Waals surface area contributed by atoms with Crippen molar-refractivity contribution in [1.29, 1.82) is 0 Å². The fourth-order valence-electron chi connectivity index (χ4n) is 4.95. The van der Waals surface area contributed by atoms with Gasteiger partial charge in [0.1, 0.15) is 17.2 Å². The Balaban J connectivity index is 1.84. The number of rotatable bonds is 2. The fraction of sp³-hybridized carbons (Fsp3) is 0.609. The summed E-state index contributed by atoms with van der Waals surface area (Å²) in [6, 6.07) is 7.20. The monoisotopic (exact) mass is 401 g/mol. The molecule has 158 valence electrons. The van der Waals surface area contributed by atoms with Gasteiger partial charge in [0.2, 0.25) is 0 Å². The largest absolute Gasteiger partial charge is 0.508 e. The first kappa shape index (κ1) is 20.4. The van der Waals surface area contributed by atoms with E-state index in [1.165, 1.54) is 0 Å². The summed E-state index contributed by atoms with van der Waals surface area (Å²) in [7, 11) is 0. The van der Waals surface area contributed by atoms with Crippen LogP contribution in [-0.4, -0.2) is 22.5 Å². The Labute approximate surface area is 172 Å². The molecule has 0 spiro atoms. The maximum atomic E-state index is 10.5. The second kappa shape index (κ2) is 5.84. The van der Waals surface area contributed by atoms with Crippen LogP contribution in [0.15, 0.2) is 28.8 Å². The normalized spacial score (nSPS) is 28.8. The van der Waals surface area contributed by atoms with Gasteiger partial charge < -0.3 is 14.4 Å². The first-order valence-corrected chi connectivity index (χ1v) is 10.1. The number of hydrogen-bond donors (Lipinski definition) is 1. The Bertz CT molecular complexity index is 949. The topological polar surface area (TPSA) is 74.0 Å². The molecule has 0 saturated carbocycles. The summed E-state index contributed by atoms with van der Waals surface area (Å²) in [5, 5.41) is 14.7. The molecule has 3 heterocycles. The van der Waals surface area contributed by atoms with Crippen LogP contribution in [0.5, 0.6) is 5.75 Å². The first-order chi connectivity index (χ1) is 13.2. The summed E-state index contributed by atoms with van der Waals surface area (Å²) >= 11 is 0. The molecule has 29 heavy (non-hydrogen) atoms. The summed E-state index contributed by atoms with van der Waals surface area (Å²) in [5.41, 5.74) is 0.668. The second-order valence-electron chi connectivity index (χ2n) is 11.0. The predicted molar refractivity (Wildman–Crippen MR) is 108 cm³/mol. The number of phenolic OH excluding ortho intramolecular Hbond substituents is 1. The molecule has 6 heteroatoms. The highest BCUT2D eigenvalue weighted by Crippen LogP contribution is 2.69. The Morgan fingerprint density at radius 3 is 2.17 bits per heavy atom. The molecule has 1 N–H and O–H groups in total. The van der Waals surface area contributed by atoms with Crippen LogP contribution < -0.4 is 0 Å². The Kier molecular flexibility index (Phi) is 4.10. The maximum Gasteiger partial charge on any atom is 0.261 e. The molecule has 2 saturated heterocycles. The molecule has 0 amide bonds. The standard InChI is InChI=1S/C23H31NO5/c1-19(2,3)18-12-17(24-27-18)14-9-15(11-16(25)10-14)22-23(29-28-22,20(4,5)6)21(7,8)13-26-22/h9-12,25H,13H2,1-8H3. The van der Waals surface area contributed by atoms with Crippen LogP contribution in [0.1, 0.15) is 66.7 Å². The van der Waals surface area contributed by atoms with Crippen LogP contribution >= 0.6 is 0 Å². The van der Waals surface area contributed by atoms with Gasteiger partial charge in [-0.3, -0.25) is 0 Å². The van der Waals surface area contributed by atoms with Crippen molar-refractivity contribution in [3.8, 4) is 17.0 Å². The van der Waals surface area contributed by atoms with E-state index in [1.54, 1.807) is 12.1 Å². The highest BCUT2D eigenvalue weighted by Gasteiger charge is 2.81. The molecule has 1 aromatic heterocycles. The van der Waals surface area contributed by atoms with Crippen molar-refractivity contribution in [2.24, 2.45) is 10.8 Å². The lowest BCUT2D eigenvalue weighted by Crippen LogP contribution is -2.73. The van der Waals surface area contributed by atoms with Gasteiger partial charge in [-0.25, -0.2) is 4.89 Å². The lowest BCUT2D eigenvalue weighted by molar-refractivity contribution is -0.626. The lowest BCUT2D eigenvalue weighted by atomic mass is 9.57. The zero-order chi connectivity index (χ0) is 21.5. The number of aromatic nitrogens is 1. The van der Waals surface area contributed by atoms with Crippen molar-refractivity contribution in [2.75, 3.05) is 6.61 Å². The molecule has 0 radical (unpaired) electrons. The number of ether oxygens (including phenoxy) is 1. The lowest BCUT2D eigenvalue weighted by Gasteiger charge is -2.61. The van der Waals surface area contributed by atoms with Crippen LogP contribution in [0, 0.1) is 10.8 Å². The summed E-state index contributed by atoms with van der Waals surface area (Å²) in [6.07, 6.45) is 0. The molecule has 6 nitrogen and oxygen atoms in total. The van der Waals surface area contributed by atoms with Gasteiger partial charge in [-0.15, -0.1) is 0 Å². The van der Waals surface area contributed by atoms with Crippen LogP contribution in [-0.2, 0) is 25.7 Å². The molecular formula is C23H31NO5. The molecule has 0 aliphatic carbocycles. The molecule has 4 rings (SSSR count). The van der Waals surface area contributed by atoms with E-state index in [0.29, 0.717) is 17.9 Å². The van der Waals surface area contributed by atoms with E-state index in [1.807, 2.05) is 12.1 Å². The quantitative estimate of drug-likeness (QED) is 0.688. The van der Waals surface area contributed by atoms with Crippen molar-refractivity contribution in [1.82, 2.24) is 5.16 Å². The van der Waals surface area contributed by atoms with E-state index in [-0.39, 0.29) is 22.0 Å². The van der Waals surface area contributed by atoms with Crippen LogP contribution in [0.4, 0.5) is 0 Å². The molecule has 2 atom stereocenters. The van der Waals surface area contributed by atoms with E-state index in [0.717, 1.165) is 11.3 Å². The molecule has 2 fully saturated rings. The summed E-state index contributed by atoms with van der Waals surface area (Å²) in [6.45, 7) is 17.3. The highest BCUT2D eigenvalue weighted by molar-refractivity contribution is 5.63. The molecule has 2 aliphatic rings.